The number of amides is 1. The van der Waals surface area contributed by atoms with Gasteiger partial charge in [-0.05, 0) is 49.3 Å². The summed E-state index contributed by atoms with van der Waals surface area (Å²) in [7, 11) is 0. The fourth-order valence-electron chi connectivity index (χ4n) is 3.08. The van der Waals surface area contributed by atoms with E-state index >= 15 is 0 Å². The summed E-state index contributed by atoms with van der Waals surface area (Å²) < 4.78 is 13.9. The molecule has 2 saturated carbocycles. The Bertz CT molecular complexity index is 607. The average molecular weight is 287 g/mol. The van der Waals surface area contributed by atoms with E-state index in [1.54, 1.807) is 12.1 Å². The smallest absolute Gasteiger partial charge is 0.227 e. The van der Waals surface area contributed by atoms with E-state index in [4.69, 9.17) is 5.11 Å². The third-order valence-electron chi connectivity index (χ3n) is 4.31. The van der Waals surface area contributed by atoms with E-state index in [0.717, 1.165) is 24.7 Å². The molecule has 2 N–H and O–H groups in total. The highest BCUT2D eigenvalue weighted by atomic mass is 19.1. The van der Waals surface area contributed by atoms with Gasteiger partial charge in [-0.15, -0.1) is 0 Å². The van der Waals surface area contributed by atoms with Crippen molar-refractivity contribution in [1.82, 2.24) is 0 Å². The molecule has 0 heterocycles. The predicted octanol–water partition coefficient (Wildman–Crippen LogP) is 2.54. The number of carbonyl (C=O) groups is 1. The molecule has 0 aromatic heterocycles. The summed E-state index contributed by atoms with van der Waals surface area (Å²) in [5, 5.41) is 11.4. The third kappa shape index (κ3) is 3.25. The van der Waals surface area contributed by atoms with Gasteiger partial charge in [-0.25, -0.2) is 4.39 Å². The van der Waals surface area contributed by atoms with Gasteiger partial charge in [-0.1, -0.05) is 11.8 Å². The molecule has 4 heteroatoms. The van der Waals surface area contributed by atoms with Crippen molar-refractivity contribution in [2.75, 3.05) is 11.9 Å². The molecule has 21 heavy (non-hydrogen) atoms. The van der Waals surface area contributed by atoms with Gasteiger partial charge in [0.1, 0.15) is 5.82 Å². The van der Waals surface area contributed by atoms with E-state index in [9.17, 15) is 9.18 Å². The van der Waals surface area contributed by atoms with Gasteiger partial charge in [0.05, 0.1) is 12.2 Å². The Labute approximate surface area is 123 Å². The molecule has 1 amide bonds. The van der Waals surface area contributed by atoms with E-state index in [1.807, 2.05) is 0 Å². The standard InChI is InChI=1S/C17H18FNO2/c18-16-10-15(5-4-11(16)3-1-2-6-20)19-17(21)14-8-12-7-13(12)9-14/h4-5,10,12-14,20H,2,6-9H2,(H,19,21). The van der Waals surface area contributed by atoms with E-state index in [-0.39, 0.29) is 24.0 Å². The molecular formula is C17H18FNO2. The highest BCUT2D eigenvalue weighted by molar-refractivity contribution is 5.92. The number of halogens is 1. The van der Waals surface area contributed by atoms with Crippen molar-refractivity contribution in [1.29, 1.82) is 0 Å². The van der Waals surface area contributed by atoms with E-state index in [0.29, 0.717) is 12.1 Å². The molecule has 0 aliphatic heterocycles. The van der Waals surface area contributed by atoms with Gasteiger partial charge in [-0.3, -0.25) is 4.79 Å². The molecule has 2 atom stereocenters. The molecule has 2 unspecified atom stereocenters. The Morgan fingerprint density at radius 3 is 2.76 bits per heavy atom. The predicted molar refractivity (Wildman–Crippen MR) is 77.9 cm³/mol. The topological polar surface area (TPSA) is 49.3 Å². The van der Waals surface area contributed by atoms with Crippen molar-refractivity contribution in [3.05, 3.63) is 29.6 Å². The zero-order chi connectivity index (χ0) is 14.8. The Hall–Kier alpha value is -1.86. The maximum atomic E-state index is 13.9. The zero-order valence-electron chi connectivity index (χ0n) is 11.7. The molecule has 0 spiro atoms. The second kappa shape index (κ2) is 5.87. The molecular weight excluding hydrogens is 269 g/mol. The number of aliphatic hydroxyl groups excluding tert-OH is 1. The summed E-state index contributed by atoms with van der Waals surface area (Å²) in [6.45, 7) is -0.0356. The van der Waals surface area contributed by atoms with Crippen LogP contribution in [-0.2, 0) is 4.79 Å². The molecule has 110 valence electrons. The first-order valence-corrected chi connectivity index (χ1v) is 7.37. The van der Waals surface area contributed by atoms with Crippen LogP contribution in [-0.4, -0.2) is 17.6 Å². The van der Waals surface area contributed by atoms with Crippen LogP contribution in [0.4, 0.5) is 10.1 Å². The first-order chi connectivity index (χ1) is 10.2. The lowest BCUT2D eigenvalue weighted by Crippen LogP contribution is -2.21. The summed E-state index contributed by atoms with van der Waals surface area (Å²) in [6.07, 6.45) is 3.55. The van der Waals surface area contributed by atoms with Crippen LogP contribution >= 0.6 is 0 Å². The number of hydrogen-bond acceptors (Lipinski definition) is 2. The van der Waals surface area contributed by atoms with Crippen molar-refractivity contribution in [3.8, 4) is 11.8 Å². The van der Waals surface area contributed by atoms with E-state index < -0.39 is 5.82 Å². The molecule has 0 radical (unpaired) electrons. The summed E-state index contributed by atoms with van der Waals surface area (Å²) in [6, 6.07) is 4.53. The van der Waals surface area contributed by atoms with Crippen molar-refractivity contribution in [3.63, 3.8) is 0 Å². The molecule has 2 aliphatic carbocycles. The number of fused-ring (bicyclic) bond motifs is 1. The number of anilines is 1. The maximum Gasteiger partial charge on any atom is 0.227 e. The fraction of sp³-hybridized carbons (Fsp3) is 0.471. The number of nitrogens with one attached hydrogen (secondary N) is 1. The Kier molecular flexibility index (Phi) is 3.94. The zero-order valence-corrected chi connectivity index (χ0v) is 11.7. The summed E-state index contributed by atoms with van der Waals surface area (Å²) in [4.78, 5) is 12.1. The van der Waals surface area contributed by atoms with Gasteiger partial charge < -0.3 is 10.4 Å². The van der Waals surface area contributed by atoms with Gasteiger partial charge in [-0.2, -0.15) is 0 Å². The van der Waals surface area contributed by atoms with Crippen molar-refractivity contribution < 1.29 is 14.3 Å². The van der Waals surface area contributed by atoms with Gasteiger partial charge in [0.2, 0.25) is 5.91 Å². The first-order valence-electron chi connectivity index (χ1n) is 7.37. The average Bonchev–Trinajstić information content (AvgIpc) is 3.07. The highest BCUT2D eigenvalue weighted by Crippen LogP contribution is 2.54. The second-order valence-corrected chi connectivity index (χ2v) is 5.88. The summed E-state index contributed by atoms with van der Waals surface area (Å²) in [5.41, 5.74) is 0.759. The van der Waals surface area contributed by atoms with Crippen LogP contribution in [0, 0.1) is 35.4 Å². The molecule has 3 rings (SSSR count). The van der Waals surface area contributed by atoms with E-state index in [1.165, 1.54) is 12.5 Å². The number of carbonyl (C=O) groups excluding carboxylic acids is 1. The van der Waals surface area contributed by atoms with Crippen LogP contribution in [0.25, 0.3) is 0 Å². The Balaban J connectivity index is 1.62. The monoisotopic (exact) mass is 287 g/mol. The van der Waals surface area contributed by atoms with Gasteiger partial charge >= 0.3 is 0 Å². The lowest BCUT2D eigenvalue weighted by Gasteiger charge is -2.12. The summed E-state index contributed by atoms with van der Waals surface area (Å²) >= 11 is 0. The minimum Gasteiger partial charge on any atom is -0.395 e. The molecule has 0 saturated heterocycles. The molecule has 3 nitrogen and oxygen atoms in total. The largest absolute Gasteiger partial charge is 0.395 e. The molecule has 1 aromatic rings. The van der Waals surface area contributed by atoms with Gasteiger partial charge in [0.15, 0.2) is 0 Å². The minimum absolute atomic E-state index is 0.000662. The quantitative estimate of drug-likeness (QED) is 0.839. The Morgan fingerprint density at radius 2 is 2.10 bits per heavy atom. The molecule has 0 bridgehead atoms. The maximum absolute atomic E-state index is 13.9. The van der Waals surface area contributed by atoms with Crippen LogP contribution in [0.3, 0.4) is 0 Å². The molecule has 2 aliphatic rings. The van der Waals surface area contributed by atoms with Crippen LogP contribution in [0.15, 0.2) is 18.2 Å². The number of hydrogen-bond donors (Lipinski definition) is 2. The lowest BCUT2D eigenvalue weighted by molar-refractivity contribution is -0.120. The van der Waals surface area contributed by atoms with E-state index in [2.05, 4.69) is 17.2 Å². The van der Waals surface area contributed by atoms with Crippen LogP contribution < -0.4 is 5.32 Å². The van der Waals surface area contributed by atoms with Gasteiger partial charge in [0.25, 0.3) is 0 Å². The highest BCUT2D eigenvalue weighted by Gasteiger charge is 2.47. The molecule has 1 aromatic carbocycles. The minimum atomic E-state index is -0.451. The first kappa shape index (κ1) is 14.1. The fourth-order valence-corrected chi connectivity index (χ4v) is 3.08. The number of aliphatic hydroxyl groups is 1. The number of benzene rings is 1. The summed E-state index contributed by atoms with van der Waals surface area (Å²) in [5.74, 6) is 6.48. The second-order valence-electron chi connectivity index (χ2n) is 5.88. The molecule has 2 fully saturated rings. The SMILES string of the molecule is O=C(Nc1ccc(C#CCCO)c(F)c1)C1CC2CC2C1. The van der Waals surface area contributed by atoms with Crippen LogP contribution in [0.2, 0.25) is 0 Å². The van der Waals surface area contributed by atoms with Crippen LogP contribution in [0.5, 0.6) is 0 Å². The number of rotatable bonds is 3. The van der Waals surface area contributed by atoms with Crippen LogP contribution in [0.1, 0.15) is 31.2 Å². The Morgan fingerprint density at radius 1 is 1.33 bits per heavy atom. The normalized spacial score (nSPS) is 25.7. The van der Waals surface area contributed by atoms with Crippen molar-refractivity contribution in [2.45, 2.75) is 25.7 Å². The third-order valence-corrected chi connectivity index (χ3v) is 4.31. The van der Waals surface area contributed by atoms with Crippen molar-refractivity contribution in [2.24, 2.45) is 17.8 Å². The van der Waals surface area contributed by atoms with Gasteiger partial charge in [0, 0.05) is 18.0 Å². The lowest BCUT2D eigenvalue weighted by atomic mass is 10.0. The van der Waals surface area contributed by atoms with Crippen molar-refractivity contribution >= 4 is 11.6 Å².